The molecule has 2 aromatic rings. The van der Waals surface area contributed by atoms with E-state index < -0.39 is 27.9 Å². The Morgan fingerprint density at radius 2 is 1.53 bits per heavy atom. The van der Waals surface area contributed by atoms with Gasteiger partial charge >= 0.3 is 5.97 Å². The number of methoxy groups -OCH3 is 4. The molecule has 2 aromatic carbocycles. The number of benzene rings is 2. The summed E-state index contributed by atoms with van der Waals surface area (Å²) in [5.74, 6) is -0.666. The second kappa shape index (κ2) is 10.5. The maximum Gasteiger partial charge on any atom is 0.340 e. The molecule has 0 radical (unpaired) electrons. The van der Waals surface area contributed by atoms with Crippen molar-refractivity contribution in [3.8, 4) is 17.2 Å². The van der Waals surface area contributed by atoms with Gasteiger partial charge in [-0.3, -0.25) is 4.79 Å². The van der Waals surface area contributed by atoms with Gasteiger partial charge in [-0.2, -0.15) is 4.72 Å². The Morgan fingerprint density at radius 1 is 0.938 bits per heavy atom. The Labute approximate surface area is 190 Å². The molecular formula is C20H23ClN2O8S. The molecule has 10 nitrogen and oxygen atoms in total. The van der Waals surface area contributed by atoms with Gasteiger partial charge in [-0.1, -0.05) is 11.6 Å². The number of carbonyl (C=O) groups excluding carboxylic acids is 2. The molecule has 0 aliphatic rings. The van der Waals surface area contributed by atoms with Gasteiger partial charge < -0.3 is 24.3 Å². The monoisotopic (exact) mass is 486 g/mol. The van der Waals surface area contributed by atoms with Crippen molar-refractivity contribution in [3.63, 3.8) is 0 Å². The molecule has 0 saturated heterocycles. The molecule has 12 heteroatoms. The van der Waals surface area contributed by atoms with Crippen LogP contribution in [0.25, 0.3) is 0 Å². The highest BCUT2D eigenvalue weighted by molar-refractivity contribution is 7.89. The Bertz CT molecular complexity index is 1120. The molecular weight excluding hydrogens is 464 g/mol. The number of hydrogen-bond acceptors (Lipinski definition) is 8. The minimum atomic E-state index is -4.09. The highest BCUT2D eigenvalue weighted by Crippen LogP contribution is 2.34. The van der Waals surface area contributed by atoms with E-state index in [1.165, 1.54) is 65.7 Å². The molecule has 0 saturated carbocycles. The first kappa shape index (κ1) is 25.2. The second-order valence-electron chi connectivity index (χ2n) is 6.37. The van der Waals surface area contributed by atoms with Crippen molar-refractivity contribution < 1.29 is 37.0 Å². The largest absolute Gasteiger partial charge is 0.495 e. The first-order valence-corrected chi connectivity index (χ1v) is 10.9. The molecule has 0 aromatic heterocycles. The molecule has 0 aliphatic carbocycles. The molecule has 0 unspecified atom stereocenters. The quantitative estimate of drug-likeness (QED) is 0.517. The molecule has 0 spiro atoms. The Morgan fingerprint density at radius 3 is 2.06 bits per heavy atom. The van der Waals surface area contributed by atoms with Gasteiger partial charge in [0.2, 0.25) is 15.9 Å². The number of amides is 1. The lowest BCUT2D eigenvalue weighted by atomic mass is 10.1. The number of ether oxygens (including phenoxy) is 4. The number of sulfonamides is 1. The summed E-state index contributed by atoms with van der Waals surface area (Å²) in [4.78, 5) is 24.7. The molecule has 174 valence electrons. The summed E-state index contributed by atoms with van der Waals surface area (Å²) in [7, 11) is 1.27. The molecule has 0 heterocycles. The predicted molar refractivity (Wildman–Crippen MR) is 117 cm³/mol. The maximum atomic E-state index is 12.7. The molecule has 32 heavy (non-hydrogen) atoms. The third-order valence-electron chi connectivity index (χ3n) is 4.35. The standard InChI is InChI=1S/C20H23ClN2O8S/c1-11(23-32(26,27)12-6-7-16(28-2)14(21)8-12)19(24)22-15-10-18(30-4)17(29-3)9-13(15)20(25)31-5/h6-11,23H,1-5H3,(H,22,24)/t11-/m1/s1. The summed E-state index contributed by atoms with van der Waals surface area (Å²) >= 11 is 5.99. The fourth-order valence-electron chi connectivity index (χ4n) is 2.67. The second-order valence-corrected chi connectivity index (χ2v) is 8.49. The lowest BCUT2D eigenvalue weighted by Gasteiger charge is -2.18. The number of nitrogens with one attached hydrogen (secondary N) is 2. The molecule has 2 N–H and O–H groups in total. The number of halogens is 1. The highest BCUT2D eigenvalue weighted by atomic mass is 35.5. The van der Waals surface area contributed by atoms with Gasteiger partial charge in [0.25, 0.3) is 0 Å². The van der Waals surface area contributed by atoms with Crippen LogP contribution >= 0.6 is 11.6 Å². The first-order chi connectivity index (χ1) is 15.1. The molecule has 1 atom stereocenters. The van der Waals surface area contributed by atoms with E-state index in [9.17, 15) is 18.0 Å². The summed E-state index contributed by atoms with van der Waals surface area (Å²) in [6.45, 7) is 1.34. The SMILES string of the molecule is COC(=O)c1cc(OC)c(OC)cc1NC(=O)[C@@H](C)NS(=O)(=O)c1ccc(OC)c(Cl)c1. The minimum absolute atomic E-state index is 0.00417. The van der Waals surface area contributed by atoms with Crippen molar-refractivity contribution >= 4 is 39.2 Å². The number of carbonyl (C=O) groups is 2. The average Bonchev–Trinajstić information content (AvgIpc) is 2.77. The molecule has 0 bridgehead atoms. The average molecular weight is 487 g/mol. The van der Waals surface area contributed by atoms with Crippen molar-refractivity contribution in [1.82, 2.24) is 4.72 Å². The van der Waals surface area contributed by atoms with Crippen LogP contribution in [0.5, 0.6) is 17.2 Å². The van der Waals surface area contributed by atoms with E-state index in [4.69, 9.17) is 30.5 Å². The van der Waals surface area contributed by atoms with Gasteiger partial charge in [-0.05, 0) is 25.1 Å². The van der Waals surface area contributed by atoms with Gasteiger partial charge in [0.1, 0.15) is 5.75 Å². The number of rotatable bonds is 9. The van der Waals surface area contributed by atoms with Gasteiger partial charge in [0.15, 0.2) is 11.5 Å². The number of anilines is 1. The number of esters is 1. The third kappa shape index (κ3) is 5.61. The van der Waals surface area contributed by atoms with E-state index in [1.807, 2.05) is 0 Å². The molecule has 1 amide bonds. The number of hydrogen-bond donors (Lipinski definition) is 2. The van der Waals surface area contributed by atoms with Crippen LogP contribution < -0.4 is 24.2 Å². The van der Waals surface area contributed by atoms with Crippen LogP contribution in [-0.2, 0) is 19.6 Å². The van der Waals surface area contributed by atoms with E-state index >= 15 is 0 Å². The van der Waals surface area contributed by atoms with Crippen LogP contribution in [0.15, 0.2) is 35.2 Å². The minimum Gasteiger partial charge on any atom is -0.495 e. The van der Waals surface area contributed by atoms with E-state index in [2.05, 4.69) is 10.0 Å². The van der Waals surface area contributed by atoms with Gasteiger partial charge in [0, 0.05) is 12.1 Å². The van der Waals surface area contributed by atoms with Crippen molar-refractivity contribution in [2.45, 2.75) is 17.9 Å². The molecule has 2 rings (SSSR count). The zero-order valence-electron chi connectivity index (χ0n) is 18.0. The van der Waals surface area contributed by atoms with E-state index in [1.54, 1.807) is 0 Å². The summed E-state index contributed by atoms with van der Waals surface area (Å²) in [6.07, 6.45) is 0. The summed E-state index contributed by atoms with van der Waals surface area (Å²) in [6, 6.07) is 5.40. The van der Waals surface area contributed by atoms with E-state index in [-0.39, 0.29) is 32.7 Å². The highest BCUT2D eigenvalue weighted by Gasteiger charge is 2.25. The summed E-state index contributed by atoms with van der Waals surface area (Å²) < 4.78 is 47.7. The third-order valence-corrected chi connectivity index (χ3v) is 6.18. The van der Waals surface area contributed by atoms with Gasteiger partial charge in [-0.25, -0.2) is 13.2 Å². The van der Waals surface area contributed by atoms with Gasteiger partial charge in [0.05, 0.1) is 55.6 Å². The molecule has 0 aliphatic heterocycles. The fourth-order valence-corrected chi connectivity index (χ4v) is 4.22. The van der Waals surface area contributed by atoms with Crippen molar-refractivity contribution in [2.24, 2.45) is 0 Å². The van der Waals surface area contributed by atoms with Crippen LogP contribution in [0.4, 0.5) is 5.69 Å². The maximum absolute atomic E-state index is 12.7. The summed E-state index contributed by atoms with van der Waals surface area (Å²) in [5.41, 5.74) is 0.0496. The van der Waals surface area contributed by atoms with Crippen LogP contribution in [0.1, 0.15) is 17.3 Å². The lowest BCUT2D eigenvalue weighted by molar-refractivity contribution is -0.117. The van der Waals surface area contributed by atoms with Crippen LogP contribution in [0.3, 0.4) is 0 Å². The molecule has 0 fully saturated rings. The first-order valence-electron chi connectivity index (χ1n) is 9.09. The van der Waals surface area contributed by atoms with E-state index in [0.29, 0.717) is 5.75 Å². The normalized spacial score (nSPS) is 11.9. The lowest BCUT2D eigenvalue weighted by Crippen LogP contribution is -2.41. The van der Waals surface area contributed by atoms with Crippen molar-refractivity contribution in [1.29, 1.82) is 0 Å². The summed E-state index contributed by atoms with van der Waals surface area (Å²) in [5, 5.41) is 2.60. The predicted octanol–water partition coefficient (Wildman–Crippen LogP) is 2.46. The smallest absolute Gasteiger partial charge is 0.340 e. The Kier molecular flexibility index (Phi) is 8.31. The zero-order chi connectivity index (χ0) is 24.1. The van der Waals surface area contributed by atoms with Gasteiger partial charge in [-0.15, -0.1) is 0 Å². The van der Waals surface area contributed by atoms with Crippen molar-refractivity contribution in [2.75, 3.05) is 33.8 Å². The zero-order valence-corrected chi connectivity index (χ0v) is 19.6. The van der Waals surface area contributed by atoms with Crippen LogP contribution in [0.2, 0.25) is 5.02 Å². The van der Waals surface area contributed by atoms with Crippen LogP contribution in [-0.4, -0.2) is 54.8 Å². The topological polar surface area (TPSA) is 129 Å². The van der Waals surface area contributed by atoms with E-state index in [0.717, 1.165) is 0 Å². The fraction of sp³-hybridized carbons (Fsp3) is 0.300. The van der Waals surface area contributed by atoms with Crippen molar-refractivity contribution in [3.05, 3.63) is 40.9 Å². The Hall–Kier alpha value is -3.02. The Balaban J connectivity index is 2.28. The van der Waals surface area contributed by atoms with Crippen LogP contribution in [0, 0.1) is 0 Å².